The lowest BCUT2D eigenvalue weighted by Crippen LogP contribution is -2.21. The first-order valence-electron chi connectivity index (χ1n) is 13.6. The van der Waals surface area contributed by atoms with Crippen LogP contribution in [0.1, 0.15) is 5.56 Å². The number of esters is 1. The zero-order valence-corrected chi connectivity index (χ0v) is 25.1. The van der Waals surface area contributed by atoms with Gasteiger partial charge < -0.3 is 4.74 Å². The maximum absolute atomic E-state index is 13.0. The van der Waals surface area contributed by atoms with Gasteiger partial charge in [-0.2, -0.15) is 21.6 Å². The quantitative estimate of drug-likeness (QED) is 0.0489. The SMILES string of the molecule is O=C(Cc1cc2ccccc2c2ccccc12)Oc1ccc([S+](c2ccccc2)c2ccccc2)cc1.O=S(=O)(O)C(F)(F)F. The molecule has 6 aromatic carbocycles. The standard InChI is InChI=1S/C34H25O2S.CHF3O3S/c35-34(24-26-23-25-11-7-8-16-31(25)33-18-10-9-17-32(26)33)36-27-19-21-30(22-20-27)37(28-12-3-1-4-13-28)29-14-5-2-6-15-29;2-1(3,4)8(5,6)7/h1-23H,24H2;(H,5,6,7)/q+1;. The Balaban J connectivity index is 0.000000444. The van der Waals surface area contributed by atoms with Crippen LogP contribution < -0.4 is 4.74 Å². The summed E-state index contributed by atoms with van der Waals surface area (Å²) in [4.78, 5) is 16.7. The van der Waals surface area contributed by atoms with E-state index < -0.39 is 15.6 Å². The number of hydrogen-bond donors (Lipinski definition) is 1. The topological polar surface area (TPSA) is 80.7 Å². The Labute approximate surface area is 261 Å². The molecule has 0 aliphatic heterocycles. The highest BCUT2D eigenvalue weighted by molar-refractivity contribution is 7.97. The van der Waals surface area contributed by atoms with Gasteiger partial charge in [-0.05, 0) is 81.7 Å². The number of halogens is 3. The van der Waals surface area contributed by atoms with Crippen molar-refractivity contribution in [3.63, 3.8) is 0 Å². The van der Waals surface area contributed by atoms with Gasteiger partial charge in [0.2, 0.25) is 0 Å². The van der Waals surface area contributed by atoms with Gasteiger partial charge in [0.15, 0.2) is 14.7 Å². The minimum absolute atomic E-state index is 0.214. The molecule has 6 rings (SSSR count). The van der Waals surface area contributed by atoms with Crippen LogP contribution in [0.4, 0.5) is 13.2 Å². The van der Waals surface area contributed by atoms with E-state index in [1.54, 1.807) is 0 Å². The van der Waals surface area contributed by atoms with E-state index in [1.807, 2.05) is 48.5 Å². The molecule has 0 spiro atoms. The molecule has 228 valence electrons. The second kappa shape index (κ2) is 13.6. The zero-order valence-electron chi connectivity index (χ0n) is 23.5. The van der Waals surface area contributed by atoms with Gasteiger partial charge in [0, 0.05) is 0 Å². The lowest BCUT2D eigenvalue weighted by atomic mass is 9.96. The maximum atomic E-state index is 13.0. The molecule has 1 N–H and O–H groups in total. The number of hydrogen-bond acceptors (Lipinski definition) is 4. The molecule has 0 unspecified atom stereocenters. The monoisotopic (exact) mass is 647 g/mol. The number of ether oxygens (including phenoxy) is 1. The molecule has 0 bridgehead atoms. The lowest BCUT2D eigenvalue weighted by Gasteiger charge is -2.11. The number of carbonyl (C=O) groups is 1. The van der Waals surface area contributed by atoms with Crippen LogP contribution in [0.25, 0.3) is 21.5 Å². The van der Waals surface area contributed by atoms with Gasteiger partial charge in [-0.1, -0.05) is 84.9 Å². The first-order chi connectivity index (χ1) is 21.5. The molecule has 0 amide bonds. The fraction of sp³-hybridized carbons (Fsp3) is 0.0571. The van der Waals surface area contributed by atoms with Crippen molar-refractivity contribution in [3.8, 4) is 5.75 Å². The van der Waals surface area contributed by atoms with E-state index in [-0.39, 0.29) is 23.3 Å². The second-order valence-corrected chi connectivity index (χ2v) is 13.2. The molecule has 0 aliphatic rings. The predicted molar refractivity (Wildman–Crippen MR) is 170 cm³/mol. The van der Waals surface area contributed by atoms with Gasteiger partial charge >= 0.3 is 21.6 Å². The van der Waals surface area contributed by atoms with Gasteiger partial charge in [0.25, 0.3) is 0 Å². The third-order valence-electron chi connectivity index (χ3n) is 6.73. The minimum Gasteiger partial charge on any atom is -0.426 e. The van der Waals surface area contributed by atoms with Crippen molar-refractivity contribution in [2.24, 2.45) is 0 Å². The molecule has 45 heavy (non-hydrogen) atoms. The molecular formula is C35H26F3O5S2+. The Morgan fingerprint density at radius 3 is 1.62 bits per heavy atom. The van der Waals surface area contributed by atoms with Crippen LogP contribution in [0.3, 0.4) is 0 Å². The summed E-state index contributed by atoms with van der Waals surface area (Å²) in [5, 5.41) is 4.56. The summed E-state index contributed by atoms with van der Waals surface area (Å²) in [6.45, 7) is 0. The highest BCUT2D eigenvalue weighted by Gasteiger charge is 2.44. The van der Waals surface area contributed by atoms with E-state index in [2.05, 4.69) is 91.0 Å². The maximum Gasteiger partial charge on any atom is 0.522 e. The fourth-order valence-electron chi connectivity index (χ4n) is 4.77. The highest BCUT2D eigenvalue weighted by atomic mass is 32.2. The van der Waals surface area contributed by atoms with E-state index in [0.717, 1.165) is 21.7 Å². The molecule has 5 nitrogen and oxygen atoms in total. The Bertz CT molecular complexity index is 1990. The number of fused-ring (bicyclic) bond motifs is 3. The summed E-state index contributed by atoms with van der Waals surface area (Å²) in [5.74, 6) is 0.293. The zero-order chi connectivity index (χ0) is 32.0. The Morgan fingerprint density at radius 1 is 0.644 bits per heavy atom. The van der Waals surface area contributed by atoms with Crippen LogP contribution in [-0.2, 0) is 32.2 Å². The first-order valence-corrected chi connectivity index (χ1v) is 16.3. The molecule has 0 aromatic heterocycles. The molecule has 0 fully saturated rings. The van der Waals surface area contributed by atoms with Crippen molar-refractivity contribution in [2.75, 3.05) is 0 Å². The van der Waals surface area contributed by atoms with Gasteiger partial charge in [0.05, 0.1) is 17.3 Å². The summed E-state index contributed by atoms with van der Waals surface area (Å²) in [6, 6.07) is 47.6. The van der Waals surface area contributed by atoms with Crippen molar-refractivity contribution in [1.82, 2.24) is 0 Å². The van der Waals surface area contributed by atoms with Crippen LogP contribution in [0, 0.1) is 0 Å². The summed E-state index contributed by atoms with van der Waals surface area (Å²) in [6.07, 6.45) is 0.214. The minimum atomic E-state index is -5.84. The van der Waals surface area contributed by atoms with E-state index in [0.29, 0.717) is 5.75 Å². The van der Waals surface area contributed by atoms with E-state index >= 15 is 0 Å². The van der Waals surface area contributed by atoms with Crippen molar-refractivity contribution < 1.29 is 35.7 Å². The van der Waals surface area contributed by atoms with Crippen LogP contribution >= 0.6 is 0 Å². The largest absolute Gasteiger partial charge is 0.522 e. The van der Waals surface area contributed by atoms with E-state index in [9.17, 15) is 18.0 Å². The van der Waals surface area contributed by atoms with Gasteiger partial charge in [0.1, 0.15) is 5.75 Å². The van der Waals surface area contributed by atoms with Crippen molar-refractivity contribution in [3.05, 3.63) is 145 Å². The van der Waals surface area contributed by atoms with Crippen molar-refractivity contribution >= 4 is 48.5 Å². The summed E-state index contributed by atoms with van der Waals surface area (Å²) < 4.78 is 63.3. The second-order valence-electron chi connectivity index (χ2n) is 9.78. The van der Waals surface area contributed by atoms with E-state index in [4.69, 9.17) is 17.7 Å². The number of benzene rings is 6. The molecule has 0 heterocycles. The summed E-state index contributed by atoms with van der Waals surface area (Å²) in [7, 11) is -6.08. The fourth-order valence-corrected chi connectivity index (χ4v) is 6.85. The molecule has 0 atom stereocenters. The predicted octanol–water partition coefficient (Wildman–Crippen LogP) is 8.63. The molecule has 0 saturated heterocycles. The van der Waals surface area contributed by atoms with Gasteiger partial charge in [-0.15, -0.1) is 0 Å². The smallest absolute Gasteiger partial charge is 0.426 e. The first kappa shape index (κ1) is 31.8. The third-order valence-corrected chi connectivity index (χ3v) is 9.55. The normalized spacial score (nSPS) is 11.7. The Kier molecular flexibility index (Phi) is 9.57. The van der Waals surface area contributed by atoms with Crippen LogP contribution in [0.2, 0.25) is 0 Å². The summed E-state index contributed by atoms with van der Waals surface area (Å²) in [5.41, 5.74) is -4.56. The Morgan fingerprint density at radius 2 is 1.09 bits per heavy atom. The molecule has 0 radical (unpaired) electrons. The van der Waals surface area contributed by atoms with E-state index in [1.165, 1.54) is 20.1 Å². The van der Waals surface area contributed by atoms with Crippen LogP contribution in [0.5, 0.6) is 5.75 Å². The average molecular weight is 648 g/mol. The highest BCUT2D eigenvalue weighted by Crippen LogP contribution is 2.33. The molecule has 6 aromatic rings. The number of alkyl halides is 3. The lowest BCUT2D eigenvalue weighted by molar-refractivity contribution is -0.133. The average Bonchev–Trinajstić information content (AvgIpc) is 3.02. The van der Waals surface area contributed by atoms with Crippen LogP contribution in [0.15, 0.2) is 154 Å². The van der Waals surface area contributed by atoms with Crippen LogP contribution in [-0.4, -0.2) is 24.4 Å². The molecular weight excluding hydrogens is 622 g/mol. The van der Waals surface area contributed by atoms with Crippen molar-refractivity contribution in [1.29, 1.82) is 0 Å². The van der Waals surface area contributed by atoms with Gasteiger partial charge in [-0.25, -0.2) is 0 Å². The molecule has 0 saturated carbocycles. The summed E-state index contributed by atoms with van der Waals surface area (Å²) >= 11 is 0. The Hall–Kier alpha value is -4.64. The van der Waals surface area contributed by atoms with Gasteiger partial charge in [-0.3, -0.25) is 9.35 Å². The van der Waals surface area contributed by atoms with Crippen molar-refractivity contribution in [2.45, 2.75) is 26.6 Å². The third kappa shape index (κ3) is 7.72. The number of rotatable bonds is 6. The number of carbonyl (C=O) groups excluding carboxylic acids is 1. The molecule has 0 aliphatic carbocycles. The molecule has 10 heteroatoms.